The second kappa shape index (κ2) is 7.63. The summed E-state index contributed by atoms with van der Waals surface area (Å²) in [5.74, 6) is 0.509. The molecule has 0 radical (unpaired) electrons. The molecule has 5 nitrogen and oxygen atoms in total. The van der Waals surface area contributed by atoms with E-state index in [-0.39, 0.29) is 0 Å². The van der Waals surface area contributed by atoms with Crippen LogP contribution in [-0.4, -0.2) is 25.7 Å². The minimum absolute atomic E-state index is 0.475. The lowest BCUT2D eigenvalue weighted by Crippen LogP contribution is -2.01. The van der Waals surface area contributed by atoms with Gasteiger partial charge >= 0.3 is 0 Å². The number of rotatable bonds is 6. The predicted octanol–water partition coefficient (Wildman–Crippen LogP) is 4.91. The number of hydrogen-bond donors (Lipinski definition) is 2. The maximum atomic E-state index is 11.7. The Morgan fingerprint density at radius 3 is 2.61 bits per heavy atom. The minimum Gasteiger partial charge on any atom is -0.324 e. The highest BCUT2D eigenvalue weighted by atomic mass is 79.9. The summed E-state index contributed by atoms with van der Waals surface area (Å²) < 4.78 is 20.1. The summed E-state index contributed by atoms with van der Waals surface area (Å²) in [6.07, 6.45) is 4.21. The van der Waals surface area contributed by atoms with Crippen molar-refractivity contribution in [2.45, 2.75) is 35.4 Å². The number of anilines is 2. The van der Waals surface area contributed by atoms with Gasteiger partial charge in [-0.15, -0.1) is 11.8 Å². The number of thioether (sulfide) groups is 1. The standard InChI is InChI=1S/C15H19BrN4OS2/c1-4-10(2)22-14-13(16)9-18-15(20-14)19-11-5-7-12(8-6-11)23(3,17)21/h5-10,17H,4H2,1-3H3,(H,18,19,20)/t10?,23-/m0/s1. The third-order valence-electron chi connectivity index (χ3n) is 3.16. The van der Waals surface area contributed by atoms with E-state index in [0.717, 1.165) is 21.6 Å². The highest BCUT2D eigenvalue weighted by Crippen LogP contribution is 2.30. The predicted molar refractivity (Wildman–Crippen MR) is 100 cm³/mol. The molecule has 0 aliphatic heterocycles. The molecule has 1 heterocycles. The Kier molecular flexibility index (Phi) is 6.05. The zero-order chi connectivity index (χ0) is 17.0. The van der Waals surface area contributed by atoms with Crippen LogP contribution in [0.3, 0.4) is 0 Å². The fourth-order valence-corrected chi connectivity index (χ4v) is 3.67. The van der Waals surface area contributed by atoms with Crippen LogP contribution in [0, 0.1) is 4.78 Å². The molecule has 0 saturated carbocycles. The molecule has 0 aliphatic carbocycles. The molecule has 0 aliphatic rings. The number of nitrogens with one attached hydrogen (secondary N) is 2. The van der Waals surface area contributed by atoms with Gasteiger partial charge in [0.25, 0.3) is 0 Å². The largest absolute Gasteiger partial charge is 0.324 e. The molecule has 2 N–H and O–H groups in total. The average molecular weight is 415 g/mol. The normalized spacial score (nSPS) is 15.0. The smallest absolute Gasteiger partial charge is 0.228 e. The summed E-state index contributed by atoms with van der Waals surface area (Å²) in [6, 6.07) is 6.93. The molecule has 2 atom stereocenters. The van der Waals surface area contributed by atoms with Crippen molar-refractivity contribution in [3.63, 3.8) is 0 Å². The van der Waals surface area contributed by atoms with Crippen LogP contribution in [-0.2, 0) is 9.73 Å². The lowest BCUT2D eigenvalue weighted by atomic mass is 10.3. The van der Waals surface area contributed by atoms with Crippen LogP contribution in [0.2, 0.25) is 0 Å². The van der Waals surface area contributed by atoms with Gasteiger partial charge in [0.2, 0.25) is 5.95 Å². The first-order chi connectivity index (χ1) is 10.8. The van der Waals surface area contributed by atoms with E-state index in [1.165, 1.54) is 6.26 Å². The maximum Gasteiger partial charge on any atom is 0.228 e. The van der Waals surface area contributed by atoms with Crippen molar-refractivity contribution in [2.75, 3.05) is 11.6 Å². The summed E-state index contributed by atoms with van der Waals surface area (Å²) in [7, 11) is -2.69. The van der Waals surface area contributed by atoms with E-state index in [9.17, 15) is 4.21 Å². The number of halogens is 1. The highest BCUT2D eigenvalue weighted by Gasteiger charge is 2.10. The van der Waals surface area contributed by atoms with E-state index in [2.05, 4.69) is 45.1 Å². The van der Waals surface area contributed by atoms with Gasteiger partial charge in [0.05, 0.1) is 14.2 Å². The summed E-state index contributed by atoms with van der Waals surface area (Å²) in [6.45, 7) is 4.31. The number of hydrogen-bond acceptors (Lipinski definition) is 6. The SMILES string of the molecule is CCC(C)Sc1nc(Nc2ccc([S@@](C)(=N)=O)cc2)ncc1Br. The number of benzene rings is 1. The fourth-order valence-electron chi connectivity index (χ4n) is 1.70. The minimum atomic E-state index is -2.69. The molecule has 8 heteroatoms. The van der Waals surface area contributed by atoms with Crippen LogP contribution in [0.5, 0.6) is 0 Å². The molecule has 1 aromatic heterocycles. The molecule has 2 rings (SSSR count). The third kappa shape index (κ3) is 5.19. The van der Waals surface area contributed by atoms with Crippen molar-refractivity contribution in [3.8, 4) is 0 Å². The second-order valence-electron chi connectivity index (χ2n) is 5.18. The summed E-state index contributed by atoms with van der Waals surface area (Å²) >= 11 is 5.18. The Morgan fingerprint density at radius 2 is 2.04 bits per heavy atom. The lowest BCUT2D eigenvalue weighted by molar-refractivity contribution is 0.679. The Hall–Kier alpha value is -1.12. The van der Waals surface area contributed by atoms with Gasteiger partial charge in [-0.1, -0.05) is 13.8 Å². The molecule has 0 amide bonds. The van der Waals surface area contributed by atoms with Crippen molar-refractivity contribution < 1.29 is 4.21 Å². The Morgan fingerprint density at radius 1 is 1.39 bits per heavy atom. The van der Waals surface area contributed by atoms with Gasteiger partial charge in [0, 0.05) is 28.3 Å². The molecular formula is C15H19BrN4OS2. The fraction of sp³-hybridized carbons (Fsp3) is 0.333. The van der Waals surface area contributed by atoms with Gasteiger partial charge in [0.1, 0.15) is 5.03 Å². The summed E-state index contributed by atoms with van der Waals surface area (Å²) in [4.78, 5) is 9.30. The zero-order valence-electron chi connectivity index (χ0n) is 13.2. The topological polar surface area (TPSA) is 78.7 Å². The van der Waals surface area contributed by atoms with Crippen LogP contribution in [0.1, 0.15) is 20.3 Å². The quantitative estimate of drug-likeness (QED) is 0.518. The van der Waals surface area contributed by atoms with Gasteiger partial charge in [-0.25, -0.2) is 19.0 Å². The molecule has 0 fully saturated rings. The molecule has 0 spiro atoms. The van der Waals surface area contributed by atoms with Crippen molar-refractivity contribution in [1.29, 1.82) is 4.78 Å². The van der Waals surface area contributed by atoms with E-state index in [0.29, 0.717) is 16.1 Å². The molecule has 124 valence electrons. The molecule has 0 bridgehead atoms. The van der Waals surface area contributed by atoms with E-state index >= 15 is 0 Å². The van der Waals surface area contributed by atoms with E-state index < -0.39 is 9.73 Å². The first-order valence-electron chi connectivity index (χ1n) is 7.09. The molecule has 0 saturated heterocycles. The Labute approximate surface area is 149 Å². The van der Waals surface area contributed by atoms with Crippen molar-refractivity contribution in [1.82, 2.24) is 9.97 Å². The van der Waals surface area contributed by atoms with Crippen LogP contribution in [0.4, 0.5) is 11.6 Å². The monoisotopic (exact) mass is 414 g/mol. The first-order valence-corrected chi connectivity index (χ1v) is 10.7. The van der Waals surface area contributed by atoms with E-state index in [4.69, 9.17) is 4.78 Å². The number of nitrogens with zero attached hydrogens (tertiary/aromatic N) is 2. The summed E-state index contributed by atoms with van der Waals surface area (Å²) in [5.41, 5.74) is 0.791. The Bertz CT molecular complexity index is 779. The van der Waals surface area contributed by atoms with Gasteiger partial charge < -0.3 is 5.32 Å². The molecule has 23 heavy (non-hydrogen) atoms. The maximum absolute atomic E-state index is 11.7. The van der Waals surface area contributed by atoms with Gasteiger partial charge in [-0.3, -0.25) is 0 Å². The zero-order valence-corrected chi connectivity index (χ0v) is 16.4. The van der Waals surface area contributed by atoms with Crippen LogP contribution in [0.15, 0.2) is 44.9 Å². The average Bonchev–Trinajstić information content (AvgIpc) is 2.50. The molecule has 1 unspecified atom stereocenters. The van der Waals surface area contributed by atoms with Crippen LogP contribution < -0.4 is 5.32 Å². The van der Waals surface area contributed by atoms with Gasteiger partial charge in [-0.2, -0.15) is 0 Å². The van der Waals surface area contributed by atoms with E-state index in [1.54, 1.807) is 42.2 Å². The number of aromatic nitrogens is 2. The Balaban J connectivity index is 2.18. The molecule has 1 aromatic carbocycles. The lowest BCUT2D eigenvalue weighted by Gasteiger charge is -2.11. The van der Waals surface area contributed by atoms with Crippen LogP contribution >= 0.6 is 27.7 Å². The van der Waals surface area contributed by atoms with Gasteiger partial charge in [-0.05, 0) is 46.6 Å². The van der Waals surface area contributed by atoms with Gasteiger partial charge in [0.15, 0.2) is 0 Å². The van der Waals surface area contributed by atoms with E-state index in [1.807, 2.05) is 0 Å². The highest BCUT2D eigenvalue weighted by molar-refractivity contribution is 9.10. The van der Waals surface area contributed by atoms with Crippen molar-refractivity contribution in [3.05, 3.63) is 34.9 Å². The van der Waals surface area contributed by atoms with Crippen molar-refractivity contribution in [2.24, 2.45) is 0 Å². The van der Waals surface area contributed by atoms with Crippen LogP contribution in [0.25, 0.3) is 0 Å². The second-order valence-corrected chi connectivity index (χ2v) is 9.62. The molecule has 2 aromatic rings. The van der Waals surface area contributed by atoms with Crippen molar-refractivity contribution >= 4 is 49.1 Å². The summed E-state index contributed by atoms with van der Waals surface area (Å²) in [5, 5.41) is 4.51. The third-order valence-corrected chi connectivity index (χ3v) is 6.44. The molecular weight excluding hydrogens is 396 g/mol. The first kappa shape index (κ1) is 18.2.